The second-order valence-corrected chi connectivity index (χ2v) is 10.6. The first kappa shape index (κ1) is 19.9. The van der Waals surface area contributed by atoms with E-state index < -0.39 is 17.1 Å². The third kappa shape index (κ3) is 2.71. The molecule has 1 unspecified atom stereocenters. The van der Waals surface area contributed by atoms with E-state index in [9.17, 15) is 10.2 Å². The van der Waals surface area contributed by atoms with Gasteiger partial charge < -0.3 is 19.8 Å². The SMILES string of the molecule is Oc1ccc2c3c1O[C@H]1C(=NOCc4ccccc4)CCC4(O)[C@@H](C2)N(CC2CC2)CC[C@]314. The number of aliphatic hydroxyl groups is 1. The summed E-state index contributed by atoms with van der Waals surface area (Å²) in [5.74, 6) is 1.48. The molecule has 2 aliphatic heterocycles. The molecule has 2 aromatic rings. The number of benzene rings is 2. The van der Waals surface area contributed by atoms with Gasteiger partial charge in [-0.1, -0.05) is 41.6 Å². The van der Waals surface area contributed by atoms with Crippen LogP contribution in [0.5, 0.6) is 11.5 Å². The third-order valence-electron chi connectivity index (χ3n) is 8.83. The predicted octanol–water partition coefficient (Wildman–Crippen LogP) is 3.53. The second-order valence-electron chi connectivity index (χ2n) is 10.6. The lowest BCUT2D eigenvalue weighted by Gasteiger charge is -2.63. The highest BCUT2D eigenvalue weighted by molar-refractivity contribution is 5.94. The Morgan fingerprint density at radius 1 is 1.12 bits per heavy atom. The van der Waals surface area contributed by atoms with Crippen LogP contribution in [0.25, 0.3) is 0 Å². The molecule has 4 atom stereocenters. The van der Waals surface area contributed by atoms with Crippen molar-refractivity contribution in [2.24, 2.45) is 11.1 Å². The number of likely N-dealkylation sites (tertiary alicyclic amines) is 1. The van der Waals surface area contributed by atoms with E-state index in [1.807, 2.05) is 36.4 Å². The fourth-order valence-electron chi connectivity index (χ4n) is 7.14. The Hall–Kier alpha value is -2.57. The molecule has 2 bridgehead atoms. The minimum atomic E-state index is -0.894. The van der Waals surface area contributed by atoms with Gasteiger partial charge in [0.2, 0.25) is 0 Å². The van der Waals surface area contributed by atoms with Crippen LogP contribution in [-0.4, -0.2) is 51.7 Å². The lowest BCUT2D eigenvalue weighted by molar-refractivity contribution is -0.167. The maximum absolute atomic E-state index is 12.4. The molecule has 6 heteroatoms. The van der Waals surface area contributed by atoms with Gasteiger partial charge in [-0.05, 0) is 68.2 Å². The number of phenolic OH excluding ortho intramolecular Hbond substituents is 1. The number of rotatable bonds is 5. The Kier molecular flexibility index (Phi) is 4.19. The molecular weight excluding hydrogens is 416 g/mol. The first-order valence-corrected chi connectivity index (χ1v) is 12.3. The topological polar surface area (TPSA) is 74.5 Å². The number of nitrogens with zero attached hydrogens (tertiary/aromatic N) is 2. The van der Waals surface area contributed by atoms with Gasteiger partial charge >= 0.3 is 0 Å². The maximum atomic E-state index is 12.4. The average Bonchev–Trinajstić information content (AvgIpc) is 3.56. The van der Waals surface area contributed by atoms with Crippen molar-refractivity contribution >= 4 is 5.71 Å². The van der Waals surface area contributed by atoms with Crippen molar-refractivity contribution in [3.63, 3.8) is 0 Å². The molecule has 0 amide bonds. The number of piperidine rings is 1. The average molecular weight is 447 g/mol. The van der Waals surface area contributed by atoms with Crippen LogP contribution in [0.1, 0.15) is 48.8 Å². The lowest BCUT2D eigenvalue weighted by atomic mass is 9.49. The van der Waals surface area contributed by atoms with E-state index in [0.717, 1.165) is 48.7 Å². The first-order valence-electron chi connectivity index (χ1n) is 12.3. The number of phenols is 1. The number of hydrogen-bond acceptors (Lipinski definition) is 6. The van der Waals surface area contributed by atoms with Gasteiger partial charge in [0.05, 0.1) is 16.7 Å². The Morgan fingerprint density at radius 3 is 2.79 bits per heavy atom. The summed E-state index contributed by atoms with van der Waals surface area (Å²) in [4.78, 5) is 8.33. The van der Waals surface area contributed by atoms with Gasteiger partial charge in [-0.25, -0.2) is 0 Å². The molecule has 3 fully saturated rings. The molecule has 6 nitrogen and oxygen atoms in total. The van der Waals surface area contributed by atoms with Crippen LogP contribution >= 0.6 is 0 Å². The molecule has 2 N–H and O–H groups in total. The summed E-state index contributed by atoms with van der Waals surface area (Å²) in [6.07, 6.45) is 5.10. The zero-order valence-electron chi connectivity index (χ0n) is 18.7. The Labute approximate surface area is 193 Å². The van der Waals surface area contributed by atoms with E-state index >= 15 is 0 Å². The normalized spacial score (nSPS) is 35.2. The van der Waals surface area contributed by atoms with Gasteiger partial charge in [0.1, 0.15) is 6.61 Å². The minimum absolute atomic E-state index is 0.0766. The van der Waals surface area contributed by atoms with Crippen molar-refractivity contribution in [1.29, 1.82) is 0 Å². The summed E-state index contributed by atoms with van der Waals surface area (Å²) < 4.78 is 6.48. The molecule has 2 saturated carbocycles. The van der Waals surface area contributed by atoms with Crippen molar-refractivity contribution in [2.75, 3.05) is 13.1 Å². The zero-order chi connectivity index (χ0) is 22.2. The lowest BCUT2D eigenvalue weighted by Crippen LogP contribution is -2.76. The van der Waals surface area contributed by atoms with Crippen LogP contribution < -0.4 is 4.74 Å². The molecule has 2 heterocycles. The maximum Gasteiger partial charge on any atom is 0.166 e. The standard InChI is InChI=1S/C27H30N2O4/c30-21-9-8-19-14-22-27(31)11-10-20(28-32-16-18-4-2-1-3-5-18)25-26(27,23(19)24(21)33-25)12-13-29(22)15-17-6-7-17/h1-5,8-9,17,22,25,30-31H,6-7,10-16H2/t22-,25+,26+,27?/m1/s1. The van der Waals surface area contributed by atoms with Crippen LogP contribution in [0.15, 0.2) is 47.6 Å². The van der Waals surface area contributed by atoms with Gasteiger partial charge in [-0.2, -0.15) is 0 Å². The molecule has 0 aromatic heterocycles. The predicted molar refractivity (Wildman–Crippen MR) is 123 cm³/mol. The molecule has 1 spiro atoms. The quantitative estimate of drug-likeness (QED) is 0.688. The number of ether oxygens (including phenoxy) is 1. The number of oxime groups is 1. The van der Waals surface area contributed by atoms with Gasteiger partial charge in [-0.15, -0.1) is 0 Å². The summed E-state index contributed by atoms with van der Waals surface area (Å²) >= 11 is 0. The highest BCUT2D eigenvalue weighted by atomic mass is 16.6. The van der Waals surface area contributed by atoms with Gasteiger partial charge in [0.15, 0.2) is 17.6 Å². The highest BCUT2D eigenvalue weighted by Gasteiger charge is 2.72. The second kappa shape index (κ2) is 6.97. The van der Waals surface area contributed by atoms with Crippen LogP contribution in [-0.2, 0) is 23.3 Å². The fourth-order valence-corrected chi connectivity index (χ4v) is 7.14. The number of hydrogen-bond donors (Lipinski definition) is 2. The molecule has 2 aromatic carbocycles. The van der Waals surface area contributed by atoms with Gasteiger partial charge in [-0.3, -0.25) is 4.90 Å². The summed E-state index contributed by atoms with van der Waals surface area (Å²) in [7, 11) is 0. The van der Waals surface area contributed by atoms with Crippen molar-refractivity contribution in [2.45, 2.75) is 68.3 Å². The Bertz CT molecular complexity index is 1130. The van der Waals surface area contributed by atoms with Crippen molar-refractivity contribution in [1.82, 2.24) is 4.90 Å². The molecule has 1 saturated heterocycles. The minimum Gasteiger partial charge on any atom is -0.504 e. The molecule has 33 heavy (non-hydrogen) atoms. The fraction of sp³-hybridized carbons (Fsp3) is 0.519. The van der Waals surface area contributed by atoms with E-state index in [2.05, 4.69) is 10.1 Å². The third-order valence-corrected chi connectivity index (χ3v) is 8.83. The van der Waals surface area contributed by atoms with Crippen molar-refractivity contribution in [3.05, 3.63) is 59.2 Å². The summed E-state index contributed by atoms with van der Waals surface area (Å²) in [5, 5.41) is 27.7. The first-order chi connectivity index (χ1) is 16.1. The monoisotopic (exact) mass is 446 g/mol. The van der Waals surface area contributed by atoms with Crippen LogP contribution in [0.3, 0.4) is 0 Å². The van der Waals surface area contributed by atoms with Gasteiger partial charge in [0, 0.05) is 18.2 Å². The largest absolute Gasteiger partial charge is 0.504 e. The van der Waals surface area contributed by atoms with E-state index in [1.54, 1.807) is 6.07 Å². The molecule has 3 aliphatic carbocycles. The highest BCUT2D eigenvalue weighted by Crippen LogP contribution is 2.65. The van der Waals surface area contributed by atoms with E-state index in [4.69, 9.17) is 9.57 Å². The smallest absolute Gasteiger partial charge is 0.166 e. The van der Waals surface area contributed by atoms with Crippen LogP contribution in [0, 0.1) is 5.92 Å². The summed E-state index contributed by atoms with van der Waals surface area (Å²) in [6.45, 7) is 2.42. The van der Waals surface area contributed by atoms with Crippen LogP contribution in [0.4, 0.5) is 0 Å². The van der Waals surface area contributed by atoms with Gasteiger partial charge in [0.25, 0.3) is 0 Å². The van der Waals surface area contributed by atoms with E-state index in [1.165, 1.54) is 18.4 Å². The van der Waals surface area contributed by atoms with E-state index in [-0.39, 0.29) is 11.8 Å². The summed E-state index contributed by atoms with van der Waals surface area (Å²) in [6, 6.07) is 13.9. The van der Waals surface area contributed by atoms with E-state index in [0.29, 0.717) is 25.2 Å². The molecule has 0 radical (unpaired) electrons. The number of aromatic hydroxyl groups is 1. The van der Waals surface area contributed by atoms with Crippen molar-refractivity contribution in [3.8, 4) is 11.5 Å². The molecule has 172 valence electrons. The summed E-state index contributed by atoms with van der Waals surface area (Å²) in [5.41, 5.74) is 2.66. The molecule has 5 aliphatic rings. The molecular formula is C27H30N2O4. The van der Waals surface area contributed by atoms with Crippen molar-refractivity contribution < 1.29 is 19.8 Å². The Balaban J connectivity index is 1.28. The Morgan fingerprint density at radius 2 is 1.97 bits per heavy atom. The van der Waals surface area contributed by atoms with Crippen LogP contribution in [0.2, 0.25) is 0 Å². The molecule has 7 rings (SSSR count). The zero-order valence-corrected chi connectivity index (χ0v) is 18.7.